The van der Waals surface area contributed by atoms with Gasteiger partial charge in [-0.2, -0.15) is 0 Å². The third-order valence-corrected chi connectivity index (χ3v) is 1.70. The second-order valence-corrected chi connectivity index (χ2v) is 2.49. The summed E-state index contributed by atoms with van der Waals surface area (Å²) in [5.41, 5.74) is 0.885. The van der Waals surface area contributed by atoms with Crippen LogP contribution in [0.1, 0.15) is 5.56 Å². The number of phenolic OH excluding ortho intramolecular Hbond substituents is 1. The van der Waals surface area contributed by atoms with E-state index in [2.05, 4.69) is 0 Å². The third kappa shape index (κ3) is 1.44. The first-order valence-corrected chi connectivity index (χ1v) is 3.60. The molecule has 0 radical (unpaired) electrons. The van der Waals surface area contributed by atoms with Crippen molar-refractivity contribution in [3.8, 4) is 17.2 Å². The molecule has 3 nitrogen and oxygen atoms in total. The number of aromatic hydroxyl groups is 1. The Kier molecular flexibility index (Phi) is 2.43. The number of hydrogen-bond acceptors (Lipinski definition) is 3. The van der Waals surface area contributed by atoms with Crippen LogP contribution >= 0.6 is 0 Å². The van der Waals surface area contributed by atoms with E-state index in [-0.39, 0.29) is 5.75 Å². The maximum Gasteiger partial charge on any atom is 0.164 e. The van der Waals surface area contributed by atoms with E-state index >= 15 is 0 Å². The Morgan fingerprint density at radius 3 is 2.17 bits per heavy atom. The first-order chi connectivity index (χ1) is 5.69. The lowest BCUT2D eigenvalue weighted by atomic mass is 10.2. The van der Waals surface area contributed by atoms with Crippen molar-refractivity contribution in [2.45, 2.75) is 6.92 Å². The van der Waals surface area contributed by atoms with E-state index in [1.54, 1.807) is 19.2 Å². The molecule has 0 spiro atoms. The Balaban J connectivity index is 3.18. The van der Waals surface area contributed by atoms with Crippen LogP contribution in [0.4, 0.5) is 0 Å². The first kappa shape index (κ1) is 8.71. The molecule has 0 aliphatic rings. The fourth-order valence-electron chi connectivity index (χ4n) is 1.04. The van der Waals surface area contributed by atoms with Crippen LogP contribution < -0.4 is 9.47 Å². The van der Waals surface area contributed by atoms with Crippen molar-refractivity contribution >= 4 is 0 Å². The van der Waals surface area contributed by atoms with Crippen LogP contribution in [0.15, 0.2) is 12.1 Å². The second-order valence-electron chi connectivity index (χ2n) is 2.49. The van der Waals surface area contributed by atoms with Gasteiger partial charge in [-0.05, 0) is 18.6 Å². The largest absolute Gasteiger partial charge is 0.504 e. The number of methoxy groups -OCH3 is 2. The summed E-state index contributed by atoms with van der Waals surface area (Å²) >= 11 is 0. The second kappa shape index (κ2) is 3.34. The fraction of sp³-hybridized carbons (Fsp3) is 0.333. The van der Waals surface area contributed by atoms with Gasteiger partial charge in [-0.3, -0.25) is 0 Å². The molecule has 0 aliphatic carbocycles. The van der Waals surface area contributed by atoms with E-state index in [9.17, 15) is 5.11 Å². The number of rotatable bonds is 2. The molecule has 1 aromatic carbocycles. The molecule has 66 valence electrons. The highest BCUT2D eigenvalue weighted by molar-refractivity contribution is 5.49. The van der Waals surface area contributed by atoms with E-state index in [0.717, 1.165) is 5.56 Å². The Morgan fingerprint density at radius 2 is 1.67 bits per heavy atom. The van der Waals surface area contributed by atoms with Crippen LogP contribution in [0.3, 0.4) is 0 Å². The number of phenols is 1. The van der Waals surface area contributed by atoms with Gasteiger partial charge in [0.1, 0.15) is 5.75 Å². The summed E-state index contributed by atoms with van der Waals surface area (Å²) < 4.78 is 9.96. The number of benzene rings is 1. The highest BCUT2D eigenvalue weighted by Crippen LogP contribution is 2.32. The average molecular weight is 168 g/mol. The van der Waals surface area contributed by atoms with Crippen molar-refractivity contribution in [2.24, 2.45) is 0 Å². The topological polar surface area (TPSA) is 38.7 Å². The maximum absolute atomic E-state index is 9.33. The van der Waals surface area contributed by atoms with Crippen molar-refractivity contribution in [3.05, 3.63) is 17.7 Å². The van der Waals surface area contributed by atoms with Crippen molar-refractivity contribution < 1.29 is 14.6 Å². The predicted octanol–water partition coefficient (Wildman–Crippen LogP) is 1.72. The van der Waals surface area contributed by atoms with Crippen molar-refractivity contribution in [3.63, 3.8) is 0 Å². The van der Waals surface area contributed by atoms with E-state index in [0.29, 0.717) is 11.5 Å². The van der Waals surface area contributed by atoms with Gasteiger partial charge >= 0.3 is 0 Å². The molecular formula is C9H12O3. The van der Waals surface area contributed by atoms with Crippen molar-refractivity contribution in [2.75, 3.05) is 14.2 Å². The number of ether oxygens (including phenoxy) is 2. The molecule has 0 aromatic heterocycles. The van der Waals surface area contributed by atoms with E-state index < -0.39 is 0 Å². The van der Waals surface area contributed by atoms with Gasteiger partial charge in [0.15, 0.2) is 11.5 Å². The molecule has 1 N–H and O–H groups in total. The Bertz CT molecular complexity index is 256. The van der Waals surface area contributed by atoms with Crippen LogP contribution in [0.2, 0.25) is 0 Å². The van der Waals surface area contributed by atoms with Gasteiger partial charge in [0.05, 0.1) is 14.2 Å². The zero-order valence-electron chi connectivity index (χ0n) is 7.42. The molecule has 0 saturated carbocycles. The normalized spacial score (nSPS) is 9.58. The smallest absolute Gasteiger partial charge is 0.164 e. The van der Waals surface area contributed by atoms with Crippen LogP contribution in [0, 0.1) is 6.92 Å². The molecular weight excluding hydrogens is 156 g/mol. The molecule has 0 amide bonds. The van der Waals surface area contributed by atoms with Gasteiger partial charge < -0.3 is 14.6 Å². The highest BCUT2D eigenvalue weighted by atomic mass is 16.5. The Labute approximate surface area is 71.5 Å². The number of hydrogen-bond donors (Lipinski definition) is 1. The summed E-state index contributed by atoms with van der Waals surface area (Å²) in [5, 5.41) is 9.33. The van der Waals surface area contributed by atoms with Crippen LogP contribution in [0.5, 0.6) is 17.2 Å². The average Bonchev–Trinajstić information content (AvgIpc) is 2.05. The third-order valence-electron chi connectivity index (χ3n) is 1.70. The summed E-state index contributed by atoms with van der Waals surface area (Å²) in [5.74, 6) is 1.28. The zero-order chi connectivity index (χ0) is 9.14. The SMILES string of the molecule is COc1cc(OC)c(O)cc1C. The van der Waals surface area contributed by atoms with Crippen molar-refractivity contribution in [1.29, 1.82) is 0 Å². The minimum atomic E-state index is 0.135. The quantitative estimate of drug-likeness (QED) is 0.730. The van der Waals surface area contributed by atoms with Gasteiger partial charge in [-0.1, -0.05) is 0 Å². The van der Waals surface area contributed by atoms with Crippen molar-refractivity contribution in [1.82, 2.24) is 0 Å². The molecule has 0 fully saturated rings. The lowest BCUT2D eigenvalue weighted by Crippen LogP contribution is -1.90. The Hall–Kier alpha value is -1.38. The molecule has 3 heteroatoms. The molecule has 0 bridgehead atoms. The molecule has 0 unspecified atom stereocenters. The van der Waals surface area contributed by atoms with Gasteiger partial charge in [0.25, 0.3) is 0 Å². The van der Waals surface area contributed by atoms with E-state index in [1.807, 2.05) is 6.92 Å². The van der Waals surface area contributed by atoms with Crippen LogP contribution in [-0.2, 0) is 0 Å². The van der Waals surface area contributed by atoms with E-state index in [4.69, 9.17) is 9.47 Å². The maximum atomic E-state index is 9.33. The van der Waals surface area contributed by atoms with Gasteiger partial charge in [0, 0.05) is 6.07 Å². The molecule has 0 aliphatic heterocycles. The molecule has 12 heavy (non-hydrogen) atoms. The Morgan fingerprint density at radius 1 is 1.08 bits per heavy atom. The fourth-order valence-corrected chi connectivity index (χ4v) is 1.04. The van der Waals surface area contributed by atoms with Crippen LogP contribution in [-0.4, -0.2) is 19.3 Å². The summed E-state index contributed by atoms with van der Waals surface area (Å²) in [6.07, 6.45) is 0. The standard InChI is InChI=1S/C9H12O3/c1-6-4-7(10)9(12-3)5-8(6)11-2/h4-5,10H,1-3H3. The zero-order valence-corrected chi connectivity index (χ0v) is 7.42. The van der Waals surface area contributed by atoms with Gasteiger partial charge in [0.2, 0.25) is 0 Å². The molecule has 0 heterocycles. The van der Waals surface area contributed by atoms with Crippen LogP contribution in [0.25, 0.3) is 0 Å². The summed E-state index contributed by atoms with van der Waals surface area (Å²) in [6.45, 7) is 1.86. The molecule has 0 saturated heterocycles. The minimum Gasteiger partial charge on any atom is -0.504 e. The van der Waals surface area contributed by atoms with E-state index in [1.165, 1.54) is 7.11 Å². The molecule has 0 atom stereocenters. The number of aryl methyl sites for hydroxylation is 1. The lowest BCUT2D eigenvalue weighted by Gasteiger charge is -2.08. The minimum absolute atomic E-state index is 0.135. The van der Waals surface area contributed by atoms with Gasteiger partial charge in [-0.15, -0.1) is 0 Å². The highest BCUT2D eigenvalue weighted by Gasteiger charge is 2.05. The predicted molar refractivity (Wildman–Crippen MR) is 45.9 cm³/mol. The lowest BCUT2D eigenvalue weighted by molar-refractivity contribution is 0.363. The summed E-state index contributed by atoms with van der Waals surface area (Å²) in [7, 11) is 3.09. The molecule has 1 aromatic rings. The monoisotopic (exact) mass is 168 g/mol. The summed E-state index contributed by atoms with van der Waals surface area (Å²) in [6, 6.07) is 3.27. The van der Waals surface area contributed by atoms with Gasteiger partial charge in [-0.25, -0.2) is 0 Å². The first-order valence-electron chi connectivity index (χ1n) is 3.60. The molecule has 1 rings (SSSR count). The summed E-state index contributed by atoms with van der Waals surface area (Å²) in [4.78, 5) is 0.